The number of hydrazone groups is 1. The predicted molar refractivity (Wildman–Crippen MR) is 120 cm³/mol. The van der Waals surface area contributed by atoms with Crippen LogP contribution in [0.4, 0.5) is 0 Å². The molecule has 160 valence electrons. The van der Waals surface area contributed by atoms with Crippen molar-refractivity contribution >= 4 is 18.1 Å². The smallest absolute Gasteiger partial charge is 0.338 e. The lowest BCUT2D eigenvalue weighted by atomic mass is 9.87. The molecule has 3 rings (SSSR count). The number of nitrogens with one attached hydrogen (secondary N) is 1. The maximum Gasteiger partial charge on any atom is 0.338 e. The Morgan fingerprint density at radius 2 is 1.61 bits per heavy atom. The SMILES string of the molecule is CCOC(=O)c1ccc(-c2ccc(/C=N\NC(=O)c3ccc(C(C)(C)C)cc3)o2)cc1. The molecule has 1 heterocycles. The zero-order chi connectivity index (χ0) is 22.4. The minimum atomic E-state index is -0.356. The van der Waals surface area contributed by atoms with Crippen molar-refractivity contribution in [3.8, 4) is 11.3 Å². The second kappa shape index (κ2) is 9.43. The van der Waals surface area contributed by atoms with E-state index in [9.17, 15) is 9.59 Å². The summed E-state index contributed by atoms with van der Waals surface area (Å²) >= 11 is 0. The monoisotopic (exact) mass is 418 g/mol. The van der Waals surface area contributed by atoms with Gasteiger partial charge in [0.15, 0.2) is 0 Å². The molecular weight excluding hydrogens is 392 g/mol. The lowest BCUT2D eigenvalue weighted by Gasteiger charge is -2.18. The second-order valence-electron chi connectivity index (χ2n) is 8.03. The van der Waals surface area contributed by atoms with Crippen LogP contribution in [0.2, 0.25) is 0 Å². The summed E-state index contributed by atoms with van der Waals surface area (Å²) in [5, 5.41) is 3.97. The van der Waals surface area contributed by atoms with E-state index in [0.717, 1.165) is 11.1 Å². The average molecular weight is 418 g/mol. The van der Waals surface area contributed by atoms with Crippen molar-refractivity contribution in [3.63, 3.8) is 0 Å². The molecular formula is C25H26N2O4. The van der Waals surface area contributed by atoms with Crippen LogP contribution >= 0.6 is 0 Å². The summed E-state index contributed by atoms with van der Waals surface area (Å²) in [4.78, 5) is 24.0. The molecule has 2 aromatic carbocycles. The first-order chi connectivity index (χ1) is 14.8. The molecule has 0 unspecified atom stereocenters. The van der Waals surface area contributed by atoms with E-state index in [0.29, 0.717) is 29.3 Å². The fourth-order valence-corrected chi connectivity index (χ4v) is 2.90. The van der Waals surface area contributed by atoms with Gasteiger partial charge in [0.1, 0.15) is 11.5 Å². The van der Waals surface area contributed by atoms with Gasteiger partial charge in [-0.25, -0.2) is 10.2 Å². The van der Waals surface area contributed by atoms with Crippen LogP contribution in [0.15, 0.2) is 70.2 Å². The summed E-state index contributed by atoms with van der Waals surface area (Å²) in [6.45, 7) is 8.47. The Balaban J connectivity index is 1.60. The lowest BCUT2D eigenvalue weighted by Crippen LogP contribution is -2.18. The van der Waals surface area contributed by atoms with Gasteiger partial charge < -0.3 is 9.15 Å². The largest absolute Gasteiger partial charge is 0.462 e. The Kier molecular flexibility index (Phi) is 6.70. The number of esters is 1. The van der Waals surface area contributed by atoms with Crippen molar-refractivity contribution in [2.75, 3.05) is 6.61 Å². The highest BCUT2D eigenvalue weighted by Crippen LogP contribution is 2.23. The molecule has 0 radical (unpaired) electrons. The van der Waals surface area contributed by atoms with Gasteiger partial charge in [0.25, 0.3) is 5.91 Å². The highest BCUT2D eigenvalue weighted by atomic mass is 16.5. The van der Waals surface area contributed by atoms with Gasteiger partial charge in [-0.05, 0) is 54.3 Å². The van der Waals surface area contributed by atoms with Crippen molar-refractivity contribution in [1.29, 1.82) is 0 Å². The van der Waals surface area contributed by atoms with Crippen molar-refractivity contribution in [2.45, 2.75) is 33.1 Å². The van der Waals surface area contributed by atoms with Crippen LogP contribution in [-0.4, -0.2) is 24.7 Å². The molecule has 1 aromatic heterocycles. The Bertz CT molecular complexity index is 1070. The Labute approximate surface area is 181 Å². The molecule has 0 bridgehead atoms. The normalized spacial score (nSPS) is 11.5. The Hall–Kier alpha value is -3.67. The van der Waals surface area contributed by atoms with Gasteiger partial charge in [0.2, 0.25) is 0 Å². The molecule has 0 aliphatic carbocycles. The van der Waals surface area contributed by atoms with E-state index in [1.807, 2.05) is 12.1 Å². The van der Waals surface area contributed by atoms with Gasteiger partial charge in [-0.2, -0.15) is 5.10 Å². The fraction of sp³-hybridized carbons (Fsp3) is 0.240. The maximum atomic E-state index is 12.3. The molecule has 1 amide bonds. The molecule has 0 saturated heterocycles. The molecule has 0 aliphatic rings. The molecule has 0 saturated carbocycles. The summed E-state index contributed by atoms with van der Waals surface area (Å²) in [6.07, 6.45) is 1.44. The highest BCUT2D eigenvalue weighted by Gasteiger charge is 2.14. The standard InChI is InChI=1S/C25H26N2O4/c1-5-30-24(29)19-8-6-17(7-9-19)22-15-14-21(31-22)16-26-27-23(28)18-10-12-20(13-11-18)25(2,3)4/h6-16H,5H2,1-4H3,(H,27,28)/b26-16-. The van der Waals surface area contributed by atoms with Gasteiger partial charge in [0.05, 0.1) is 18.4 Å². The van der Waals surface area contributed by atoms with Crippen molar-refractivity contribution in [3.05, 3.63) is 83.1 Å². The number of hydrogen-bond donors (Lipinski definition) is 1. The summed E-state index contributed by atoms with van der Waals surface area (Å²) in [7, 11) is 0. The number of benzene rings is 2. The Morgan fingerprint density at radius 3 is 2.23 bits per heavy atom. The third-order valence-electron chi connectivity index (χ3n) is 4.68. The summed E-state index contributed by atoms with van der Waals surface area (Å²) in [6, 6.07) is 18.0. The number of carbonyl (C=O) groups is 2. The first-order valence-corrected chi connectivity index (χ1v) is 10.1. The minimum Gasteiger partial charge on any atom is -0.462 e. The second-order valence-corrected chi connectivity index (χ2v) is 8.03. The molecule has 0 fully saturated rings. The zero-order valence-corrected chi connectivity index (χ0v) is 18.1. The van der Waals surface area contributed by atoms with E-state index in [-0.39, 0.29) is 17.3 Å². The van der Waals surface area contributed by atoms with Crippen LogP contribution in [0.5, 0.6) is 0 Å². The zero-order valence-electron chi connectivity index (χ0n) is 18.1. The predicted octanol–water partition coefficient (Wildman–Crippen LogP) is 5.18. The van der Waals surface area contributed by atoms with E-state index in [4.69, 9.17) is 9.15 Å². The fourth-order valence-electron chi connectivity index (χ4n) is 2.90. The van der Waals surface area contributed by atoms with E-state index >= 15 is 0 Å². The number of furan rings is 1. The van der Waals surface area contributed by atoms with Crippen LogP contribution in [0.1, 0.15) is 59.7 Å². The molecule has 6 heteroatoms. The van der Waals surface area contributed by atoms with Gasteiger partial charge >= 0.3 is 5.97 Å². The molecule has 0 spiro atoms. The average Bonchev–Trinajstić information content (AvgIpc) is 3.22. The molecule has 0 atom stereocenters. The number of amides is 1. The van der Waals surface area contributed by atoms with Gasteiger partial charge in [0, 0.05) is 11.1 Å². The lowest BCUT2D eigenvalue weighted by molar-refractivity contribution is 0.0526. The maximum absolute atomic E-state index is 12.3. The molecule has 6 nitrogen and oxygen atoms in total. The topological polar surface area (TPSA) is 80.9 Å². The third kappa shape index (κ3) is 5.69. The van der Waals surface area contributed by atoms with Gasteiger partial charge in [-0.1, -0.05) is 45.0 Å². The van der Waals surface area contributed by atoms with Crippen molar-refractivity contribution in [1.82, 2.24) is 5.43 Å². The number of hydrogen-bond acceptors (Lipinski definition) is 5. The number of nitrogens with zero attached hydrogens (tertiary/aromatic N) is 1. The summed E-state index contributed by atoms with van der Waals surface area (Å²) in [5.41, 5.74) is 5.53. The van der Waals surface area contributed by atoms with Crippen LogP contribution in [0.3, 0.4) is 0 Å². The van der Waals surface area contributed by atoms with Crippen LogP contribution in [0, 0.1) is 0 Å². The Morgan fingerprint density at radius 1 is 0.968 bits per heavy atom. The highest BCUT2D eigenvalue weighted by molar-refractivity contribution is 5.94. The van der Waals surface area contributed by atoms with E-state index in [1.165, 1.54) is 6.21 Å². The first kappa shape index (κ1) is 22.0. The van der Waals surface area contributed by atoms with Crippen LogP contribution < -0.4 is 5.43 Å². The molecule has 3 aromatic rings. The molecule has 0 aliphatic heterocycles. The molecule has 1 N–H and O–H groups in total. The van der Waals surface area contributed by atoms with E-state index < -0.39 is 0 Å². The first-order valence-electron chi connectivity index (χ1n) is 10.1. The van der Waals surface area contributed by atoms with Crippen molar-refractivity contribution < 1.29 is 18.7 Å². The number of rotatable bonds is 6. The van der Waals surface area contributed by atoms with Crippen molar-refractivity contribution in [2.24, 2.45) is 5.10 Å². The summed E-state index contributed by atoms with van der Waals surface area (Å²) < 4.78 is 10.7. The quantitative estimate of drug-likeness (QED) is 0.340. The third-order valence-corrected chi connectivity index (χ3v) is 4.68. The van der Waals surface area contributed by atoms with E-state index in [2.05, 4.69) is 31.3 Å². The summed E-state index contributed by atoms with van der Waals surface area (Å²) in [5.74, 6) is 0.469. The van der Waals surface area contributed by atoms with Gasteiger partial charge in [-0.15, -0.1) is 0 Å². The number of carbonyl (C=O) groups excluding carboxylic acids is 2. The molecule has 31 heavy (non-hydrogen) atoms. The van der Waals surface area contributed by atoms with Gasteiger partial charge in [-0.3, -0.25) is 4.79 Å². The van der Waals surface area contributed by atoms with E-state index in [1.54, 1.807) is 55.5 Å². The van der Waals surface area contributed by atoms with Crippen LogP contribution in [-0.2, 0) is 10.2 Å². The number of ether oxygens (including phenoxy) is 1. The van der Waals surface area contributed by atoms with Crippen LogP contribution in [0.25, 0.3) is 11.3 Å². The minimum absolute atomic E-state index is 0.0310.